The van der Waals surface area contributed by atoms with Gasteiger partial charge in [-0.25, -0.2) is 8.42 Å². The number of hydrogen-bond donors (Lipinski definition) is 1. The summed E-state index contributed by atoms with van der Waals surface area (Å²) in [5.41, 5.74) is 2.06. The Kier molecular flexibility index (Phi) is 10.2. The first-order valence-corrected chi connectivity index (χ1v) is 14.4. The Morgan fingerprint density at radius 2 is 1.50 bits per heavy atom. The van der Waals surface area contributed by atoms with Gasteiger partial charge < -0.3 is 19.7 Å². The standard InChI is InChI=1S/C30H37N3O6S/c1-21(2)31-30(35)23(4)32(19-24-10-8-7-9-11-24)29(34)20-33(25-14-12-22(3)13-15-25)40(36,37)26-16-17-27(38-5)28(18-26)39-6/h7-18,21,23H,19-20H2,1-6H3,(H,31,35)/t23-/m1/s1. The van der Waals surface area contributed by atoms with Crippen LogP contribution >= 0.6 is 0 Å². The van der Waals surface area contributed by atoms with Crippen molar-refractivity contribution >= 4 is 27.5 Å². The third-order valence-corrected chi connectivity index (χ3v) is 8.11. The van der Waals surface area contributed by atoms with Gasteiger partial charge in [-0.1, -0.05) is 48.0 Å². The molecule has 0 unspecified atom stereocenters. The number of benzene rings is 3. The van der Waals surface area contributed by atoms with Crippen LogP contribution in [0.3, 0.4) is 0 Å². The molecule has 9 nitrogen and oxygen atoms in total. The Hall–Kier alpha value is -4.05. The highest BCUT2D eigenvalue weighted by atomic mass is 32.2. The van der Waals surface area contributed by atoms with Crippen LogP contribution < -0.4 is 19.1 Å². The monoisotopic (exact) mass is 567 g/mol. The first-order chi connectivity index (χ1) is 19.0. The molecule has 0 aliphatic carbocycles. The number of methoxy groups -OCH3 is 2. The molecule has 2 amide bonds. The quantitative estimate of drug-likeness (QED) is 0.353. The minimum Gasteiger partial charge on any atom is -0.493 e. The maximum atomic E-state index is 14.0. The highest BCUT2D eigenvalue weighted by Crippen LogP contribution is 2.32. The number of nitrogens with zero attached hydrogens (tertiary/aromatic N) is 2. The van der Waals surface area contributed by atoms with E-state index in [9.17, 15) is 18.0 Å². The van der Waals surface area contributed by atoms with E-state index < -0.39 is 28.5 Å². The number of nitrogens with one attached hydrogen (secondary N) is 1. The van der Waals surface area contributed by atoms with Crippen LogP contribution in [0.2, 0.25) is 0 Å². The second-order valence-corrected chi connectivity index (χ2v) is 11.6. The third-order valence-electron chi connectivity index (χ3n) is 6.34. The van der Waals surface area contributed by atoms with Gasteiger partial charge in [0.2, 0.25) is 11.8 Å². The summed E-state index contributed by atoms with van der Waals surface area (Å²) < 4.78 is 39.7. The first kappa shape index (κ1) is 30.5. The number of carbonyl (C=O) groups excluding carboxylic acids is 2. The molecule has 0 saturated carbocycles. The maximum absolute atomic E-state index is 14.0. The van der Waals surface area contributed by atoms with E-state index in [4.69, 9.17) is 9.47 Å². The van der Waals surface area contributed by atoms with Gasteiger partial charge in [0.25, 0.3) is 10.0 Å². The lowest BCUT2D eigenvalue weighted by molar-refractivity contribution is -0.139. The summed E-state index contributed by atoms with van der Waals surface area (Å²) in [6.45, 7) is 6.80. The normalized spacial score (nSPS) is 12.0. The van der Waals surface area contributed by atoms with E-state index in [1.165, 1.54) is 37.3 Å². The first-order valence-electron chi connectivity index (χ1n) is 12.9. The smallest absolute Gasteiger partial charge is 0.264 e. The van der Waals surface area contributed by atoms with E-state index >= 15 is 0 Å². The highest BCUT2D eigenvalue weighted by molar-refractivity contribution is 7.92. The summed E-state index contributed by atoms with van der Waals surface area (Å²) in [7, 11) is -1.36. The van der Waals surface area contributed by atoms with E-state index in [-0.39, 0.29) is 29.1 Å². The van der Waals surface area contributed by atoms with Crippen LogP contribution in [0.1, 0.15) is 31.9 Å². The average Bonchev–Trinajstić information content (AvgIpc) is 2.94. The minimum absolute atomic E-state index is 0.0706. The zero-order valence-corrected chi connectivity index (χ0v) is 24.6. The summed E-state index contributed by atoms with van der Waals surface area (Å²) in [4.78, 5) is 28.2. The fraction of sp³-hybridized carbons (Fsp3) is 0.333. The fourth-order valence-electron chi connectivity index (χ4n) is 4.11. The van der Waals surface area contributed by atoms with Crippen LogP contribution in [0.4, 0.5) is 5.69 Å². The van der Waals surface area contributed by atoms with Crippen molar-refractivity contribution in [2.24, 2.45) is 0 Å². The topological polar surface area (TPSA) is 105 Å². The lowest BCUT2D eigenvalue weighted by Gasteiger charge is -2.32. The molecule has 214 valence electrons. The van der Waals surface area contributed by atoms with E-state index in [2.05, 4.69) is 5.32 Å². The maximum Gasteiger partial charge on any atom is 0.264 e. The molecule has 0 radical (unpaired) electrons. The van der Waals surface area contributed by atoms with Crippen molar-refractivity contribution in [1.29, 1.82) is 0 Å². The average molecular weight is 568 g/mol. The largest absolute Gasteiger partial charge is 0.493 e. The van der Waals surface area contributed by atoms with Crippen LogP contribution in [0.25, 0.3) is 0 Å². The number of rotatable bonds is 12. The molecule has 0 spiro atoms. The molecule has 10 heteroatoms. The number of anilines is 1. The highest BCUT2D eigenvalue weighted by Gasteiger charge is 2.33. The molecule has 0 aromatic heterocycles. The van der Waals surface area contributed by atoms with Gasteiger partial charge in [0.1, 0.15) is 12.6 Å². The summed E-state index contributed by atoms with van der Waals surface area (Å²) in [6, 6.07) is 19.4. The molecule has 0 saturated heterocycles. The second kappa shape index (κ2) is 13.3. The van der Waals surface area contributed by atoms with E-state index in [1.807, 2.05) is 51.1 Å². The van der Waals surface area contributed by atoms with Crippen LogP contribution in [-0.4, -0.2) is 58.0 Å². The third kappa shape index (κ3) is 7.32. The summed E-state index contributed by atoms with van der Waals surface area (Å²) in [5.74, 6) is -0.245. The van der Waals surface area contributed by atoms with Crippen LogP contribution in [0.15, 0.2) is 77.7 Å². The van der Waals surface area contributed by atoms with Gasteiger partial charge in [-0.2, -0.15) is 0 Å². The van der Waals surface area contributed by atoms with E-state index in [0.717, 1.165) is 15.4 Å². The van der Waals surface area contributed by atoms with Crippen molar-refractivity contribution in [2.75, 3.05) is 25.1 Å². The van der Waals surface area contributed by atoms with Gasteiger partial charge in [-0.3, -0.25) is 13.9 Å². The van der Waals surface area contributed by atoms with Gasteiger partial charge in [-0.15, -0.1) is 0 Å². The molecule has 3 rings (SSSR count). The molecule has 0 bridgehead atoms. The van der Waals surface area contributed by atoms with Gasteiger partial charge in [0, 0.05) is 18.7 Å². The number of carbonyl (C=O) groups is 2. The molecule has 0 heterocycles. The summed E-state index contributed by atoms with van der Waals surface area (Å²) in [6.07, 6.45) is 0. The SMILES string of the molecule is COc1ccc(S(=O)(=O)N(CC(=O)N(Cc2ccccc2)[C@H](C)C(=O)NC(C)C)c2ccc(C)cc2)cc1OC. The second-order valence-electron chi connectivity index (χ2n) is 9.71. The lowest BCUT2D eigenvalue weighted by Crippen LogP contribution is -2.52. The molecule has 1 atom stereocenters. The van der Waals surface area contributed by atoms with Gasteiger partial charge in [0.05, 0.1) is 24.8 Å². The van der Waals surface area contributed by atoms with Crippen LogP contribution in [-0.2, 0) is 26.2 Å². The van der Waals surface area contributed by atoms with Gasteiger partial charge >= 0.3 is 0 Å². The zero-order valence-electron chi connectivity index (χ0n) is 23.7. The van der Waals surface area contributed by atoms with Crippen LogP contribution in [0, 0.1) is 6.92 Å². The summed E-state index contributed by atoms with van der Waals surface area (Å²) in [5, 5.41) is 2.84. The van der Waals surface area contributed by atoms with E-state index in [0.29, 0.717) is 11.4 Å². The molecule has 0 aliphatic rings. The van der Waals surface area contributed by atoms with Crippen molar-refractivity contribution in [3.05, 3.63) is 83.9 Å². The Morgan fingerprint density at radius 3 is 2.08 bits per heavy atom. The molecule has 1 N–H and O–H groups in total. The van der Waals surface area contributed by atoms with Crippen molar-refractivity contribution in [1.82, 2.24) is 10.2 Å². The van der Waals surface area contributed by atoms with Gasteiger partial charge in [-0.05, 0) is 57.5 Å². The van der Waals surface area contributed by atoms with Crippen molar-refractivity contribution in [2.45, 2.75) is 51.2 Å². The number of ether oxygens (including phenoxy) is 2. The molecule has 0 aliphatic heterocycles. The Morgan fingerprint density at radius 1 is 0.875 bits per heavy atom. The number of amides is 2. The number of hydrogen-bond acceptors (Lipinski definition) is 6. The van der Waals surface area contributed by atoms with Crippen molar-refractivity contribution in [3.63, 3.8) is 0 Å². The lowest BCUT2D eigenvalue weighted by atomic mass is 10.1. The fourth-order valence-corrected chi connectivity index (χ4v) is 5.54. The molecule has 0 fully saturated rings. The Bertz CT molecular complexity index is 1410. The molecular weight excluding hydrogens is 530 g/mol. The molecule has 3 aromatic carbocycles. The summed E-state index contributed by atoms with van der Waals surface area (Å²) >= 11 is 0. The molecule has 3 aromatic rings. The molecule has 40 heavy (non-hydrogen) atoms. The number of aryl methyl sites for hydroxylation is 1. The predicted octanol–water partition coefficient (Wildman–Crippen LogP) is 4.15. The zero-order chi connectivity index (χ0) is 29.4. The van der Waals surface area contributed by atoms with Crippen LogP contribution in [0.5, 0.6) is 11.5 Å². The predicted molar refractivity (Wildman–Crippen MR) is 155 cm³/mol. The van der Waals surface area contributed by atoms with Crippen molar-refractivity contribution in [3.8, 4) is 11.5 Å². The Balaban J connectivity index is 2.06. The minimum atomic E-state index is -4.24. The number of sulfonamides is 1. The molecular formula is C30H37N3O6S. The van der Waals surface area contributed by atoms with Gasteiger partial charge in [0.15, 0.2) is 11.5 Å². The van der Waals surface area contributed by atoms with E-state index in [1.54, 1.807) is 31.2 Å². The van der Waals surface area contributed by atoms with Crippen molar-refractivity contribution < 1.29 is 27.5 Å². The Labute approximate surface area is 236 Å².